The monoisotopic (exact) mass is 241 g/mol. The molecule has 0 atom stereocenters. The Morgan fingerprint density at radius 2 is 1.82 bits per heavy atom. The highest BCUT2D eigenvalue weighted by Gasteiger charge is 2.07. The molecule has 0 spiro atoms. The Hall–Kier alpha value is -2.00. The predicted molar refractivity (Wildman–Crippen MR) is 67.8 cm³/mol. The van der Waals surface area contributed by atoms with Crippen LogP contribution >= 0.6 is 11.6 Å². The van der Waals surface area contributed by atoms with Crippen molar-refractivity contribution in [3.63, 3.8) is 0 Å². The van der Waals surface area contributed by atoms with E-state index < -0.39 is 0 Å². The maximum absolute atomic E-state index is 5.93. The van der Waals surface area contributed by atoms with E-state index in [1.54, 1.807) is 12.4 Å². The SMILES string of the molecule is Clc1nc(-c2cccnc2)c2ccccc2n1. The van der Waals surface area contributed by atoms with E-state index in [4.69, 9.17) is 11.6 Å². The lowest BCUT2D eigenvalue weighted by Crippen LogP contribution is -1.91. The molecule has 2 aromatic heterocycles. The lowest BCUT2D eigenvalue weighted by atomic mass is 10.1. The number of hydrogen-bond donors (Lipinski definition) is 0. The molecule has 3 rings (SSSR count). The third kappa shape index (κ3) is 1.85. The highest BCUT2D eigenvalue weighted by molar-refractivity contribution is 6.28. The molecule has 0 saturated heterocycles. The fraction of sp³-hybridized carbons (Fsp3) is 0. The standard InChI is InChI=1S/C13H8ClN3/c14-13-16-11-6-2-1-5-10(11)12(17-13)9-4-3-7-15-8-9/h1-8H. The molecule has 82 valence electrons. The number of rotatable bonds is 1. The van der Waals surface area contributed by atoms with E-state index in [0.29, 0.717) is 0 Å². The quantitative estimate of drug-likeness (QED) is 0.614. The summed E-state index contributed by atoms with van der Waals surface area (Å²) < 4.78 is 0. The van der Waals surface area contributed by atoms with Gasteiger partial charge in [0, 0.05) is 23.3 Å². The fourth-order valence-corrected chi connectivity index (χ4v) is 1.95. The normalized spacial score (nSPS) is 10.6. The molecule has 0 N–H and O–H groups in total. The molecule has 0 fully saturated rings. The van der Waals surface area contributed by atoms with Gasteiger partial charge in [-0.3, -0.25) is 4.98 Å². The van der Waals surface area contributed by atoms with Gasteiger partial charge in [0.1, 0.15) is 0 Å². The first-order chi connectivity index (χ1) is 8.34. The van der Waals surface area contributed by atoms with E-state index in [2.05, 4.69) is 15.0 Å². The molecule has 4 heteroatoms. The molecule has 0 bridgehead atoms. The Kier molecular flexibility index (Phi) is 2.46. The maximum atomic E-state index is 5.93. The summed E-state index contributed by atoms with van der Waals surface area (Å²) in [6.07, 6.45) is 3.50. The molecule has 0 unspecified atom stereocenters. The minimum absolute atomic E-state index is 0.252. The van der Waals surface area contributed by atoms with E-state index in [9.17, 15) is 0 Å². The van der Waals surface area contributed by atoms with Crippen LogP contribution in [0.15, 0.2) is 48.8 Å². The topological polar surface area (TPSA) is 38.7 Å². The van der Waals surface area contributed by atoms with Crippen molar-refractivity contribution in [3.05, 3.63) is 54.1 Å². The fourth-order valence-electron chi connectivity index (χ4n) is 1.77. The Morgan fingerprint density at radius 1 is 0.941 bits per heavy atom. The minimum Gasteiger partial charge on any atom is -0.264 e. The number of aromatic nitrogens is 3. The zero-order valence-electron chi connectivity index (χ0n) is 8.84. The van der Waals surface area contributed by atoms with Crippen molar-refractivity contribution in [1.29, 1.82) is 0 Å². The number of para-hydroxylation sites is 1. The van der Waals surface area contributed by atoms with Gasteiger partial charge >= 0.3 is 0 Å². The molecule has 0 saturated carbocycles. The lowest BCUT2D eigenvalue weighted by molar-refractivity contribution is 1.21. The van der Waals surface area contributed by atoms with Crippen LogP contribution in [0.4, 0.5) is 0 Å². The average Bonchev–Trinajstić information content (AvgIpc) is 2.39. The number of pyridine rings is 1. The largest absolute Gasteiger partial charge is 0.264 e. The Labute approximate surface area is 103 Å². The first kappa shape index (κ1) is 10.2. The first-order valence-corrected chi connectivity index (χ1v) is 5.55. The third-order valence-electron chi connectivity index (χ3n) is 2.51. The van der Waals surface area contributed by atoms with Crippen LogP contribution in [-0.2, 0) is 0 Å². The number of halogens is 1. The Bertz CT molecular complexity index is 668. The molecule has 0 aliphatic heterocycles. The molecule has 0 amide bonds. The molecule has 0 aliphatic rings. The Morgan fingerprint density at radius 3 is 2.65 bits per heavy atom. The molecule has 3 aromatic rings. The zero-order valence-corrected chi connectivity index (χ0v) is 9.59. The van der Waals surface area contributed by atoms with Crippen LogP contribution in [0, 0.1) is 0 Å². The highest BCUT2D eigenvalue weighted by atomic mass is 35.5. The molecule has 3 nitrogen and oxygen atoms in total. The molecular formula is C13H8ClN3. The van der Waals surface area contributed by atoms with Crippen molar-refractivity contribution in [3.8, 4) is 11.3 Å². The van der Waals surface area contributed by atoms with Gasteiger partial charge in [-0.25, -0.2) is 9.97 Å². The first-order valence-electron chi connectivity index (χ1n) is 5.17. The number of hydrogen-bond acceptors (Lipinski definition) is 3. The van der Waals surface area contributed by atoms with E-state index >= 15 is 0 Å². The maximum Gasteiger partial charge on any atom is 0.223 e. The van der Waals surface area contributed by atoms with Crippen LogP contribution in [0.2, 0.25) is 5.28 Å². The van der Waals surface area contributed by atoms with Crippen molar-refractivity contribution in [2.24, 2.45) is 0 Å². The number of fused-ring (bicyclic) bond motifs is 1. The summed E-state index contributed by atoms with van der Waals surface area (Å²) in [6, 6.07) is 11.6. The van der Waals surface area contributed by atoms with Crippen LogP contribution in [0.1, 0.15) is 0 Å². The van der Waals surface area contributed by atoms with Gasteiger partial charge in [-0.2, -0.15) is 0 Å². The molecule has 0 aliphatic carbocycles. The minimum atomic E-state index is 0.252. The highest BCUT2D eigenvalue weighted by Crippen LogP contribution is 2.26. The van der Waals surface area contributed by atoms with Crippen LogP contribution in [-0.4, -0.2) is 15.0 Å². The van der Waals surface area contributed by atoms with Gasteiger partial charge in [-0.1, -0.05) is 18.2 Å². The molecular weight excluding hydrogens is 234 g/mol. The summed E-state index contributed by atoms with van der Waals surface area (Å²) in [7, 11) is 0. The summed E-state index contributed by atoms with van der Waals surface area (Å²) in [4.78, 5) is 12.6. The average molecular weight is 242 g/mol. The molecule has 1 aromatic carbocycles. The predicted octanol–water partition coefficient (Wildman–Crippen LogP) is 3.35. The van der Waals surface area contributed by atoms with Gasteiger partial charge in [0.25, 0.3) is 0 Å². The van der Waals surface area contributed by atoms with E-state index in [1.807, 2.05) is 36.4 Å². The van der Waals surface area contributed by atoms with E-state index in [-0.39, 0.29) is 5.28 Å². The summed E-state index contributed by atoms with van der Waals surface area (Å²) >= 11 is 5.93. The zero-order chi connectivity index (χ0) is 11.7. The van der Waals surface area contributed by atoms with Crippen molar-refractivity contribution in [2.45, 2.75) is 0 Å². The van der Waals surface area contributed by atoms with Crippen molar-refractivity contribution >= 4 is 22.5 Å². The van der Waals surface area contributed by atoms with Gasteiger partial charge in [0.15, 0.2) is 0 Å². The van der Waals surface area contributed by atoms with Crippen LogP contribution in [0.3, 0.4) is 0 Å². The Balaban J connectivity index is 2.36. The number of benzene rings is 1. The second-order valence-corrected chi connectivity index (χ2v) is 3.94. The second-order valence-electron chi connectivity index (χ2n) is 3.60. The van der Waals surface area contributed by atoms with Gasteiger partial charge in [-0.05, 0) is 29.8 Å². The number of nitrogens with zero attached hydrogens (tertiary/aromatic N) is 3. The van der Waals surface area contributed by atoms with Gasteiger partial charge < -0.3 is 0 Å². The van der Waals surface area contributed by atoms with Crippen molar-refractivity contribution in [2.75, 3.05) is 0 Å². The summed E-state index contributed by atoms with van der Waals surface area (Å²) in [5, 5.41) is 1.23. The van der Waals surface area contributed by atoms with E-state index in [0.717, 1.165) is 22.2 Å². The smallest absolute Gasteiger partial charge is 0.223 e. The van der Waals surface area contributed by atoms with Gasteiger partial charge in [-0.15, -0.1) is 0 Å². The van der Waals surface area contributed by atoms with Crippen LogP contribution in [0.25, 0.3) is 22.2 Å². The summed E-state index contributed by atoms with van der Waals surface area (Å²) in [5.41, 5.74) is 2.59. The molecule has 17 heavy (non-hydrogen) atoms. The summed E-state index contributed by atoms with van der Waals surface area (Å²) in [6.45, 7) is 0. The molecule has 0 radical (unpaired) electrons. The van der Waals surface area contributed by atoms with Crippen molar-refractivity contribution in [1.82, 2.24) is 15.0 Å². The van der Waals surface area contributed by atoms with Gasteiger partial charge in [0.05, 0.1) is 11.2 Å². The lowest BCUT2D eigenvalue weighted by Gasteiger charge is -2.05. The summed E-state index contributed by atoms with van der Waals surface area (Å²) in [5.74, 6) is 0. The second kappa shape index (κ2) is 4.11. The third-order valence-corrected chi connectivity index (χ3v) is 2.68. The van der Waals surface area contributed by atoms with E-state index in [1.165, 1.54) is 0 Å². The molecule has 2 heterocycles. The van der Waals surface area contributed by atoms with Gasteiger partial charge in [0.2, 0.25) is 5.28 Å². The van der Waals surface area contributed by atoms with Crippen molar-refractivity contribution < 1.29 is 0 Å². The van der Waals surface area contributed by atoms with Crippen LogP contribution < -0.4 is 0 Å². The van der Waals surface area contributed by atoms with Crippen LogP contribution in [0.5, 0.6) is 0 Å².